The Bertz CT molecular complexity index is 547. The van der Waals surface area contributed by atoms with Crippen LogP contribution in [0.3, 0.4) is 0 Å². The summed E-state index contributed by atoms with van der Waals surface area (Å²) in [6.45, 7) is 0.386. The predicted octanol–water partition coefficient (Wildman–Crippen LogP) is 1.36. The topological polar surface area (TPSA) is 67.8 Å². The van der Waals surface area contributed by atoms with Gasteiger partial charge in [0.2, 0.25) is 11.8 Å². The van der Waals surface area contributed by atoms with E-state index in [2.05, 4.69) is 10.3 Å². The molecule has 1 N–H and O–H groups in total. The van der Waals surface area contributed by atoms with Crippen molar-refractivity contribution in [2.75, 3.05) is 19.6 Å². The van der Waals surface area contributed by atoms with E-state index in [1.54, 1.807) is 19.3 Å². The Morgan fingerprint density at radius 2 is 2.30 bits per heavy atom. The van der Waals surface area contributed by atoms with Crippen LogP contribution in [0.25, 0.3) is 0 Å². The predicted molar refractivity (Wildman–Crippen MR) is 76.6 cm³/mol. The number of methoxy groups -OCH3 is 1. The molecule has 1 atom stereocenters. The van der Waals surface area contributed by atoms with Crippen LogP contribution < -0.4 is 5.32 Å². The van der Waals surface area contributed by atoms with Crippen molar-refractivity contribution in [2.24, 2.45) is 10.9 Å². The number of ether oxygens (including phenoxy) is 1. The number of allylic oxidation sites excluding steroid dienone is 3. The smallest absolute Gasteiger partial charge is 0.248 e. The number of hydrogen-bond acceptors (Lipinski definition) is 3. The molecule has 2 rings (SSSR count). The molecule has 0 radical (unpaired) electrons. The Kier molecular flexibility index (Phi) is 4.87. The monoisotopic (exact) mass is 294 g/mol. The number of rotatable bonds is 4. The molecule has 0 spiro atoms. The number of alkyl halides is 1. The lowest BCUT2D eigenvalue weighted by Gasteiger charge is -2.27. The van der Waals surface area contributed by atoms with Crippen LogP contribution >= 0.6 is 11.6 Å². The van der Waals surface area contributed by atoms with Crippen molar-refractivity contribution in [3.05, 3.63) is 35.6 Å². The van der Waals surface area contributed by atoms with Gasteiger partial charge in [0.05, 0.1) is 12.3 Å². The van der Waals surface area contributed by atoms with Gasteiger partial charge in [0.1, 0.15) is 0 Å². The second-order valence-corrected chi connectivity index (χ2v) is 4.83. The van der Waals surface area contributed by atoms with Crippen LogP contribution in [0, 0.1) is 5.92 Å². The molecule has 6 heteroatoms. The second-order valence-electron chi connectivity index (χ2n) is 4.45. The first kappa shape index (κ1) is 14.7. The van der Waals surface area contributed by atoms with Gasteiger partial charge in [-0.1, -0.05) is 6.08 Å². The van der Waals surface area contributed by atoms with Crippen molar-refractivity contribution in [1.82, 2.24) is 5.32 Å². The van der Waals surface area contributed by atoms with Gasteiger partial charge in [-0.25, -0.2) is 4.99 Å². The minimum atomic E-state index is -0.273. The van der Waals surface area contributed by atoms with E-state index in [1.807, 2.05) is 6.08 Å². The van der Waals surface area contributed by atoms with Crippen molar-refractivity contribution in [1.29, 1.82) is 0 Å². The average molecular weight is 295 g/mol. The third-order valence-corrected chi connectivity index (χ3v) is 3.14. The highest BCUT2D eigenvalue weighted by Crippen LogP contribution is 2.27. The lowest BCUT2D eigenvalue weighted by Crippen LogP contribution is -2.34. The highest BCUT2D eigenvalue weighted by atomic mass is 35.5. The van der Waals surface area contributed by atoms with Gasteiger partial charge in [-0.2, -0.15) is 0 Å². The molecule has 106 valence electrons. The zero-order valence-electron chi connectivity index (χ0n) is 11.1. The van der Waals surface area contributed by atoms with Gasteiger partial charge in [0.25, 0.3) is 0 Å². The summed E-state index contributed by atoms with van der Waals surface area (Å²) in [6.07, 6.45) is 7.11. The third kappa shape index (κ3) is 3.43. The highest BCUT2D eigenvalue weighted by molar-refractivity contribution is 6.19. The maximum absolute atomic E-state index is 11.6. The Hall–Kier alpha value is -1.72. The highest BCUT2D eigenvalue weighted by Gasteiger charge is 2.26. The standard InChI is InChI=1S/C14H15ClN2O3/c1-20-8-9-6-14(19)17-12-7-10(2-3-11(9)12)16-13(18)4-5-15/h2-3,6-7,11H,4-5,8H2,1H3,(H,17,19). The number of aliphatic imine (C=N–C) groups is 1. The van der Waals surface area contributed by atoms with Crippen molar-refractivity contribution in [3.8, 4) is 0 Å². The van der Waals surface area contributed by atoms with Crippen LogP contribution in [0.1, 0.15) is 6.42 Å². The molecule has 1 heterocycles. The minimum Gasteiger partial charge on any atom is -0.380 e. The largest absolute Gasteiger partial charge is 0.380 e. The number of fused-ring (bicyclic) bond motifs is 1. The van der Waals surface area contributed by atoms with Gasteiger partial charge in [-0.3, -0.25) is 9.59 Å². The van der Waals surface area contributed by atoms with E-state index in [9.17, 15) is 9.59 Å². The summed E-state index contributed by atoms with van der Waals surface area (Å²) >= 11 is 5.50. The second kappa shape index (κ2) is 6.63. The van der Waals surface area contributed by atoms with E-state index in [0.717, 1.165) is 5.57 Å². The molecule has 1 unspecified atom stereocenters. The first-order valence-corrected chi connectivity index (χ1v) is 6.75. The molecular formula is C14H15ClN2O3. The molecule has 0 aromatic rings. The number of carbonyl (C=O) groups is 2. The molecule has 0 fully saturated rings. The Morgan fingerprint density at radius 3 is 3.00 bits per heavy atom. The maximum atomic E-state index is 11.6. The van der Waals surface area contributed by atoms with Crippen LogP contribution in [-0.2, 0) is 14.3 Å². The number of hydrogen-bond donors (Lipinski definition) is 1. The molecule has 0 aromatic heterocycles. The van der Waals surface area contributed by atoms with E-state index in [-0.39, 0.29) is 30.0 Å². The molecule has 2 amide bonds. The number of amides is 2. The number of nitrogens with zero attached hydrogens (tertiary/aromatic N) is 1. The van der Waals surface area contributed by atoms with E-state index in [0.29, 0.717) is 18.0 Å². The minimum absolute atomic E-state index is 0.0327. The molecule has 0 aromatic carbocycles. The SMILES string of the molecule is COCC1=CC(=O)NC2=CC(=NC(=O)CCCl)C=CC12. The normalized spacial score (nSPS) is 23.0. The lowest BCUT2D eigenvalue weighted by molar-refractivity contribution is -0.117. The summed E-state index contributed by atoms with van der Waals surface area (Å²) in [6, 6.07) is 0. The fraction of sp³-hybridized carbons (Fsp3) is 0.357. The van der Waals surface area contributed by atoms with E-state index < -0.39 is 0 Å². The van der Waals surface area contributed by atoms with Crippen LogP contribution in [0.15, 0.2) is 40.6 Å². The summed E-state index contributed by atoms with van der Waals surface area (Å²) in [7, 11) is 1.58. The summed E-state index contributed by atoms with van der Waals surface area (Å²) in [4.78, 5) is 27.0. The zero-order valence-corrected chi connectivity index (χ0v) is 11.8. The molecule has 20 heavy (non-hydrogen) atoms. The molecule has 5 nitrogen and oxygen atoms in total. The fourth-order valence-corrected chi connectivity index (χ4v) is 2.28. The van der Waals surface area contributed by atoms with Gasteiger partial charge in [-0.15, -0.1) is 11.6 Å². The molecule has 0 saturated carbocycles. The van der Waals surface area contributed by atoms with Crippen LogP contribution in [-0.4, -0.2) is 37.1 Å². The van der Waals surface area contributed by atoms with Crippen LogP contribution in [0.5, 0.6) is 0 Å². The van der Waals surface area contributed by atoms with E-state index in [4.69, 9.17) is 16.3 Å². The van der Waals surface area contributed by atoms with Crippen molar-refractivity contribution >= 4 is 29.1 Å². The van der Waals surface area contributed by atoms with Gasteiger partial charge in [0, 0.05) is 37.1 Å². The Labute approximate surface area is 122 Å². The van der Waals surface area contributed by atoms with Crippen molar-refractivity contribution in [2.45, 2.75) is 6.42 Å². The first-order chi connectivity index (χ1) is 9.63. The number of nitrogens with one attached hydrogen (secondary N) is 1. The first-order valence-electron chi connectivity index (χ1n) is 6.21. The van der Waals surface area contributed by atoms with Gasteiger partial charge >= 0.3 is 0 Å². The van der Waals surface area contributed by atoms with E-state index in [1.165, 1.54) is 6.08 Å². The number of halogens is 1. The van der Waals surface area contributed by atoms with Crippen molar-refractivity contribution < 1.29 is 14.3 Å². The molecule has 0 saturated heterocycles. The molecular weight excluding hydrogens is 280 g/mol. The fourth-order valence-electron chi connectivity index (χ4n) is 2.12. The van der Waals surface area contributed by atoms with Crippen molar-refractivity contribution in [3.63, 3.8) is 0 Å². The summed E-state index contributed by atoms with van der Waals surface area (Å²) in [5.74, 6) is -0.253. The summed E-state index contributed by atoms with van der Waals surface area (Å²) < 4.78 is 5.09. The zero-order chi connectivity index (χ0) is 14.5. The Balaban J connectivity index is 2.22. The molecule has 0 bridgehead atoms. The van der Waals surface area contributed by atoms with E-state index >= 15 is 0 Å². The molecule has 1 aliphatic heterocycles. The third-order valence-electron chi connectivity index (χ3n) is 2.95. The molecule has 2 aliphatic rings. The van der Waals surface area contributed by atoms with Gasteiger partial charge in [-0.05, 0) is 17.7 Å². The van der Waals surface area contributed by atoms with Gasteiger partial charge in [0.15, 0.2) is 0 Å². The quantitative estimate of drug-likeness (QED) is 0.796. The summed E-state index contributed by atoms with van der Waals surface area (Å²) in [5, 5.41) is 2.76. The maximum Gasteiger partial charge on any atom is 0.248 e. The van der Waals surface area contributed by atoms with Crippen LogP contribution in [0.4, 0.5) is 0 Å². The van der Waals surface area contributed by atoms with Gasteiger partial charge < -0.3 is 10.1 Å². The summed E-state index contributed by atoms with van der Waals surface area (Å²) in [5.41, 5.74) is 2.11. The van der Waals surface area contributed by atoms with Crippen LogP contribution in [0.2, 0.25) is 0 Å². The molecule has 1 aliphatic carbocycles. The average Bonchev–Trinajstić information content (AvgIpc) is 2.38. The number of carbonyl (C=O) groups excluding carboxylic acids is 2. The lowest BCUT2D eigenvalue weighted by atomic mass is 9.88. The Morgan fingerprint density at radius 1 is 1.50 bits per heavy atom.